The summed E-state index contributed by atoms with van der Waals surface area (Å²) in [4.78, 5) is 14.4. The lowest BCUT2D eigenvalue weighted by molar-refractivity contribution is -0.124. The van der Waals surface area contributed by atoms with Crippen molar-refractivity contribution in [3.8, 4) is 6.07 Å². The predicted molar refractivity (Wildman–Crippen MR) is 86.4 cm³/mol. The van der Waals surface area contributed by atoms with Crippen molar-refractivity contribution < 1.29 is 9.90 Å². The molecule has 1 amide bonds. The lowest BCUT2D eigenvalue weighted by Gasteiger charge is -2.36. The van der Waals surface area contributed by atoms with Crippen LogP contribution in [0.25, 0.3) is 0 Å². The van der Waals surface area contributed by atoms with E-state index in [9.17, 15) is 15.2 Å². The van der Waals surface area contributed by atoms with Gasteiger partial charge < -0.3 is 10.4 Å². The highest BCUT2D eigenvalue weighted by Crippen LogP contribution is 2.39. The Balaban J connectivity index is 1.68. The van der Waals surface area contributed by atoms with E-state index in [1.165, 1.54) is 5.56 Å². The molecular weight excluding hydrogens is 290 g/mol. The van der Waals surface area contributed by atoms with Gasteiger partial charge >= 0.3 is 0 Å². The van der Waals surface area contributed by atoms with Crippen molar-refractivity contribution >= 4 is 5.91 Å². The molecule has 0 spiro atoms. The maximum atomic E-state index is 12.4. The molecule has 1 heterocycles. The maximum absolute atomic E-state index is 12.4. The molecule has 2 N–H and O–H groups in total. The first kappa shape index (κ1) is 16.0. The molecule has 122 valence electrons. The van der Waals surface area contributed by atoms with Crippen LogP contribution >= 0.6 is 0 Å². The van der Waals surface area contributed by atoms with Crippen molar-refractivity contribution in [2.45, 2.75) is 37.8 Å². The molecule has 1 aromatic carbocycles. The summed E-state index contributed by atoms with van der Waals surface area (Å²) in [7, 11) is 0. The highest BCUT2D eigenvalue weighted by Gasteiger charge is 2.43. The van der Waals surface area contributed by atoms with Crippen LogP contribution in [-0.4, -0.2) is 41.1 Å². The van der Waals surface area contributed by atoms with Crippen LogP contribution in [0.15, 0.2) is 24.3 Å². The highest BCUT2D eigenvalue weighted by atomic mass is 16.3. The fraction of sp³-hybridized carbons (Fsp3) is 0.556. The van der Waals surface area contributed by atoms with Crippen LogP contribution in [-0.2, 0) is 11.2 Å². The summed E-state index contributed by atoms with van der Waals surface area (Å²) in [5, 5.41) is 22.0. The fourth-order valence-corrected chi connectivity index (χ4v) is 3.50. The predicted octanol–water partition coefficient (Wildman–Crippen LogP) is 1.39. The van der Waals surface area contributed by atoms with Gasteiger partial charge in [-0.25, -0.2) is 0 Å². The van der Waals surface area contributed by atoms with Crippen LogP contribution in [0.2, 0.25) is 0 Å². The number of hydrogen-bond acceptors (Lipinski definition) is 4. The minimum atomic E-state index is -0.764. The van der Waals surface area contributed by atoms with Crippen molar-refractivity contribution in [2.75, 3.05) is 19.7 Å². The summed E-state index contributed by atoms with van der Waals surface area (Å²) in [6.07, 6.45) is 2.87. The summed E-state index contributed by atoms with van der Waals surface area (Å²) >= 11 is 0. The average molecular weight is 313 g/mol. The van der Waals surface area contributed by atoms with Crippen molar-refractivity contribution in [2.24, 2.45) is 5.92 Å². The molecule has 5 heteroatoms. The number of aliphatic hydroxyl groups is 1. The lowest BCUT2D eigenvalue weighted by atomic mass is 9.93. The van der Waals surface area contributed by atoms with Gasteiger partial charge in [-0.15, -0.1) is 0 Å². The number of aliphatic hydroxyl groups excluding tert-OH is 1. The van der Waals surface area contributed by atoms with Crippen molar-refractivity contribution in [1.29, 1.82) is 5.26 Å². The van der Waals surface area contributed by atoms with Gasteiger partial charge in [0.15, 0.2) is 0 Å². The molecule has 1 aliphatic heterocycles. The number of fused-ring (bicyclic) bond motifs is 1. The van der Waals surface area contributed by atoms with Crippen LogP contribution in [0.3, 0.4) is 0 Å². The number of nitriles is 1. The number of rotatable bonds is 5. The summed E-state index contributed by atoms with van der Waals surface area (Å²) in [5.74, 6) is 0.131. The number of nitrogens with one attached hydrogen (secondary N) is 1. The van der Waals surface area contributed by atoms with E-state index >= 15 is 0 Å². The summed E-state index contributed by atoms with van der Waals surface area (Å²) in [6, 6.07) is 10.2. The largest absolute Gasteiger partial charge is 0.394 e. The van der Waals surface area contributed by atoms with Gasteiger partial charge in [0.1, 0.15) is 5.54 Å². The monoisotopic (exact) mass is 313 g/mol. The first-order chi connectivity index (χ1) is 11.1. The van der Waals surface area contributed by atoms with Gasteiger partial charge in [-0.05, 0) is 43.2 Å². The Labute approximate surface area is 136 Å². The molecular formula is C18H23N3O2. The molecule has 0 saturated heterocycles. The minimum absolute atomic E-state index is 0.0115. The quantitative estimate of drug-likeness (QED) is 0.861. The Morgan fingerprint density at radius 1 is 1.48 bits per heavy atom. The molecule has 3 rings (SSSR count). The van der Waals surface area contributed by atoms with E-state index < -0.39 is 5.54 Å². The number of carbonyl (C=O) groups excluding carboxylic acids is 1. The zero-order chi connectivity index (χ0) is 16.4. The zero-order valence-electron chi connectivity index (χ0n) is 13.5. The van der Waals surface area contributed by atoms with Crippen molar-refractivity contribution in [1.82, 2.24) is 10.2 Å². The van der Waals surface area contributed by atoms with Crippen LogP contribution in [0.5, 0.6) is 0 Å². The zero-order valence-corrected chi connectivity index (χ0v) is 13.5. The highest BCUT2D eigenvalue weighted by molar-refractivity contribution is 5.79. The SMILES string of the molecule is CC(C#N)(NC(=O)CN1CCc2ccccc2C1CO)C1CC1. The molecule has 1 aliphatic carbocycles. The number of carbonyl (C=O) groups is 1. The second-order valence-electron chi connectivity index (χ2n) is 6.75. The van der Waals surface area contributed by atoms with Crippen molar-refractivity contribution in [3.63, 3.8) is 0 Å². The third-order valence-corrected chi connectivity index (χ3v) is 5.07. The number of amides is 1. The maximum Gasteiger partial charge on any atom is 0.235 e. The van der Waals surface area contributed by atoms with E-state index in [0.717, 1.165) is 31.4 Å². The Hall–Kier alpha value is -1.90. The molecule has 1 saturated carbocycles. The van der Waals surface area contributed by atoms with Gasteiger partial charge in [0.25, 0.3) is 0 Å². The van der Waals surface area contributed by atoms with Gasteiger partial charge in [-0.3, -0.25) is 9.69 Å². The van der Waals surface area contributed by atoms with E-state index in [2.05, 4.69) is 17.5 Å². The van der Waals surface area contributed by atoms with Gasteiger partial charge in [0.05, 0.1) is 25.3 Å². The third-order valence-electron chi connectivity index (χ3n) is 5.07. The van der Waals surface area contributed by atoms with Gasteiger partial charge in [-0.1, -0.05) is 24.3 Å². The third kappa shape index (κ3) is 3.24. The topological polar surface area (TPSA) is 76.4 Å². The second-order valence-corrected chi connectivity index (χ2v) is 6.75. The van der Waals surface area contributed by atoms with E-state index in [1.54, 1.807) is 6.92 Å². The van der Waals surface area contributed by atoms with Gasteiger partial charge in [0, 0.05) is 6.54 Å². The summed E-state index contributed by atoms with van der Waals surface area (Å²) < 4.78 is 0. The number of nitrogens with zero attached hydrogens (tertiary/aromatic N) is 2. The molecule has 2 aliphatic rings. The molecule has 0 bridgehead atoms. The second kappa shape index (κ2) is 6.31. The number of hydrogen-bond donors (Lipinski definition) is 2. The van der Waals surface area contributed by atoms with Crippen LogP contribution in [0, 0.1) is 17.2 Å². The van der Waals surface area contributed by atoms with Crippen LogP contribution in [0.4, 0.5) is 0 Å². The van der Waals surface area contributed by atoms with Gasteiger partial charge in [0.2, 0.25) is 5.91 Å². The Morgan fingerprint density at radius 3 is 2.87 bits per heavy atom. The Morgan fingerprint density at radius 2 is 2.22 bits per heavy atom. The van der Waals surface area contributed by atoms with Gasteiger partial charge in [-0.2, -0.15) is 5.26 Å². The summed E-state index contributed by atoms with van der Waals surface area (Å²) in [6.45, 7) is 2.74. The standard InChI is InChI=1S/C18H23N3O2/c1-18(12-19,14-6-7-14)20-17(23)10-21-9-8-13-4-2-3-5-15(13)16(21)11-22/h2-5,14,16,22H,6-11H2,1H3,(H,20,23). The Bertz CT molecular complexity index is 635. The van der Waals surface area contributed by atoms with E-state index in [-0.39, 0.29) is 31.0 Å². The number of benzene rings is 1. The molecule has 5 nitrogen and oxygen atoms in total. The molecule has 1 fully saturated rings. The van der Waals surface area contributed by atoms with E-state index in [0.29, 0.717) is 0 Å². The molecule has 0 radical (unpaired) electrons. The fourth-order valence-electron chi connectivity index (χ4n) is 3.50. The average Bonchev–Trinajstić information content (AvgIpc) is 3.39. The first-order valence-electron chi connectivity index (χ1n) is 8.22. The molecule has 23 heavy (non-hydrogen) atoms. The Kier molecular flexibility index (Phi) is 4.38. The first-order valence-corrected chi connectivity index (χ1v) is 8.22. The molecule has 2 unspecified atom stereocenters. The van der Waals surface area contributed by atoms with Crippen LogP contribution < -0.4 is 5.32 Å². The molecule has 0 aromatic heterocycles. The summed E-state index contributed by atoms with van der Waals surface area (Å²) in [5.41, 5.74) is 1.57. The van der Waals surface area contributed by atoms with E-state index in [4.69, 9.17) is 0 Å². The smallest absolute Gasteiger partial charge is 0.235 e. The normalized spacial score (nSPS) is 23.4. The van der Waals surface area contributed by atoms with E-state index in [1.807, 2.05) is 23.1 Å². The molecule has 1 aromatic rings. The lowest BCUT2D eigenvalue weighted by Crippen LogP contribution is -2.51. The minimum Gasteiger partial charge on any atom is -0.394 e. The van der Waals surface area contributed by atoms with Crippen molar-refractivity contribution in [3.05, 3.63) is 35.4 Å². The van der Waals surface area contributed by atoms with Crippen LogP contribution in [0.1, 0.15) is 36.9 Å². The molecule has 2 atom stereocenters.